The fourth-order valence-electron chi connectivity index (χ4n) is 1.34. The topological polar surface area (TPSA) is 79.3 Å². The van der Waals surface area contributed by atoms with E-state index in [2.05, 4.69) is 20.6 Å². The van der Waals surface area contributed by atoms with Gasteiger partial charge in [0.25, 0.3) is 0 Å². The number of hydrogen-bond donors (Lipinski definition) is 3. The highest BCUT2D eigenvalue weighted by atomic mass is 19.1. The number of nitrogens with zero attached hydrogens (tertiary/aromatic N) is 2. The molecular weight excluding hydrogens is 227 g/mol. The Morgan fingerprint density at radius 2 is 2.35 bits per heavy atom. The molecule has 96 valence electrons. The second-order valence-corrected chi connectivity index (χ2v) is 3.45. The fourth-order valence-corrected chi connectivity index (χ4v) is 1.34. The Morgan fingerprint density at radius 3 is 2.94 bits per heavy atom. The smallest absolute Gasteiger partial charge is 0.224 e. The molecule has 0 radical (unpaired) electrons. The summed E-state index contributed by atoms with van der Waals surface area (Å²) in [5.74, 6) is -0.114. The number of ether oxygens (including phenoxy) is 1. The van der Waals surface area contributed by atoms with Crippen molar-refractivity contribution in [3.8, 4) is 0 Å². The number of halogens is 1. The molecule has 1 atom stereocenters. The van der Waals surface area contributed by atoms with Crippen LogP contribution in [0.25, 0.3) is 0 Å². The van der Waals surface area contributed by atoms with Crippen LogP contribution < -0.4 is 10.6 Å². The molecule has 1 aromatic rings. The van der Waals surface area contributed by atoms with Crippen LogP contribution in [0, 0.1) is 5.82 Å². The van der Waals surface area contributed by atoms with Gasteiger partial charge in [0.05, 0.1) is 18.8 Å². The number of aromatic nitrogens is 2. The second-order valence-electron chi connectivity index (χ2n) is 3.45. The highest BCUT2D eigenvalue weighted by Gasteiger charge is 2.12. The van der Waals surface area contributed by atoms with Crippen molar-refractivity contribution in [2.75, 3.05) is 38.0 Å². The SMILES string of the molecule is CNc1ncc(F)c(NC(CCO)COC)n1. The lowest BCUT2D eigenvalue weighted by molar-refractivity contribution is 0.170. The molecule has 1 rings (SSSR count). The third kappa shape index (κ3) is 4.12. The molecule has 1 unspecified atom stereocenters. The van der Waals surface area contributed by atoms with Gasteiger partial charge in [-0.2, -0.15) is 4.98 Å². The van der Waals surface area contributed by atoms with E-state index in [1.807, 2.05) is 0 Å². The van der Waals surface area contributed by atoms with Gasteiger partial charge >= 0.3 is 0 Å². The van der Waals surface area contributed by atoms with E-state index in [1.54, 1.807) is 14.2 Å². The Labute approximate surface area is 99.2 Å². The maximum Gasteiger partial charge on any atom is 0.224 e. The van der Waals surface area contributed by atoms with Crippen molar-refractivity contribution in [3.05, 3.63) is 12.0 Å². The zero-order valence-electron chi connectivity index (χ0n) is 9.90. The summed E-state index contributed by atoms with van der Waals surface area (Å²) in [6.07, 6.45) is 1.54. The number of nitrogens with one attached hydrogen (secondary N) is 2. The molecule has 0 spiro atoms. The van der Waals surface area contributed by atoms with Crippen molar-refractivity contribution in [1.82, 2.24) is 9.97 Å². The first-order valence-corrected chi connectivity index (χ1v) is 5.27. The van der Waals surface area contributed by atoms with Crippen LogP contribution in [0.3, 0.4) is 0 Å². The van der Waals surface area contributed by atoms with Crippen molar-refractivity contribution in [3.63, 3.8) is 0 Å². The van der Waals surface area contributed by atoms with Crippen molar-refractivity contribution in [1.29, 1.82) is 0 Å². The van der Waals surface area contributed by atoms with Crippen molar-refractivity contribution in [2.24, 2.45) is 0 Å². The van der Waals surface area contributed by atoms with Crippen LogP contribution >= 0.6 is 0 Å². The lowest BCUT2D eigenvalue weighted by atomic mass is 10.2. The lowest BCUT2D eigenvalue weighted by Crippen LogP contribution is -2.27. The largest absolute Gasteiger partial charge is 0.396 e. The van der Waals surface area contributed by atoms with Crippen LogP contribution in [-0.4, -0.2) is 48.5 Å². The lowest BCUT2D eigenvalue weighted by Gasteiger charge is -2.17. The number of rotatable bonds is 7. The summed E-state index contributed by atoms with van der Waals surface area (Å²) in [7, 11) is 3.19. The summed E-state index contributed by atoms with van der Waals surface area (Å²) < 4.78 is 18.4. The van der Waals surface area contributed by atoms with Gasteiger partial charge in [-0.3, -0.25) is 0 Å². The van der Waals surface area contributed by atoms with Crippen LogP contribution in [0.15, 0.2) is 6.20 Å². The van der Waals surface area contributed by atoms with Gasteiger partial charge in [0.1, 0.15) is 0 Å². The Morgan fingerprint density at radius 1 is 1.59 bits per heavy atom. The molecule has 0 aromatic carbocycles. The summed E-state index contributed by atoms with van der Waals surface area (Å²) in [5, 5.41) is 14.5. The van der Waals surface area contributed by atoms with Crippen LogP contribution in [0.1, 0.15) is 6.42 Å². The van der Waals surface area contributed by atoms with Gasteiger partial charge in [-0.15, -0.1) is 0 Å². The Bertz CT molecular complexity index is 345. The number of aliphatic hydroxyl groups excluding tert-OH is 1. The Kier molecular flexibility index (Phi) is 5.58. The van der Waals surface area contributed by atoms with Gasteiger partial charge in [-0.25, -0.2) is 9.37 Å². The molecule has 1 heterocycles. The van der Waals surface area contributed by atoms with Crippen LogP contribution in [0.5, 0.6) is 0 Å². The third-order valence-electron chi connectivity index (χ3n) is 2.15. The molecule has 7 heteroatoms. The van der Waals surface area contributed by atoms with Gasteiger partial charge in [0.2, 0.25) is 5.95 Å². The van der Waals surface area contributed by atoms with Gasteiger partial charge < -0.3 is 20.5 Å². The van der Waals surface area contributed by atoms with Crippen LogP contribution in [0.4, 0.5) is 16.2 Å². The molecule has 1 aromatic heterocycles. The molecule has 0 saturated carbocycles. The number of hydrogen-bond acceptors (Lipinski definition) is 6. The molecule has 0 aliphatic heterocycles. The third-order valence-corrected chi connectivity index (χ3v) is 2.15. The molecule has 0 fully saturated rings. The van der Waals surface area contributed by atoms with Crippen molar-refractivity contribution >= 4 is 11.8 Å². The van der Waals surface area contributed by atoms with E-state index in [4.69, 9.17) is 9.84 Å². The molecule has 0 saturated heterocycles. The zero-order chi connectivity index (χ0) is 12.7. The summed E-state index contributed by atoms with van der Waals surface area (Å²) in [4.78, 5) is 7.69. The molecule has 3 N–H and O–H groups in total. The summed E-state index contributed by atoms with van der Waals surface area (Å²) >= 11 is 0. The first-order chi connectivity index (χ1) is 8.21. The average molecular weight is 244 g/mol. The van der Waals surface area contributed by atoms with E-state index in [-0.39, 0.29) is 18.5 Å². The quantitative estimate of drug-likeness (QED) is 0.647. The molecule has 0 aliphatic carbocycles. The normalized spacial score (nSPS) is 12.2. The molecule has 6 nitrogen and oxygen atoms in total. The first-order valence-electron chi connectivity index (χ1n) is 5.27. The minimum atomic E-state index is -0.539. The van der Waals surface area contributed by atoms with E-state index < -0.39 is 5.82 Å². The van der Waals surface area contributed by atoms with Crippen LogP contribution in [-0.2, 0) is 4.74 Å². The molecule has 0 aliphatic rings. The maximum absolute atomic E-state index is 13.4. The monoisotopic (exact) mass is 244 g/mol. The number of aliphatic hydroxyl groups is 1. The van der Waals surface area contributed by atoms with Gasteiger partial charge in [0.15, 0.2) is 11.6 Å². The summed E-state index contributed by atoms with van der Waals surface area (Å²) in [5.41, 5.74) is 0. The molecule has 0 amide bonds. The van der Waals surface area contributed by atoms with E-state index in [0.29, 0.717) is 19.0 Å². The molecular formula is C10H17FN4O2. The predicted molar refractivity (Wildman–Crippen MR) is 62.5 cm³/mol. The van der Waals surface area contributed by atoms with Crippen LogP contribution in [0.2, 0.25) is 0 Å². The molecule has 17 heavy (non-hydrogen) atoms. The fraction of sp³-hybridized carbons (Fsp3) is 0.600. The molecule has 0 bridgehead atoms. The van der Waals surface area contributed by atoms with Gasteiger partial charge in [0, 0.05) is 20.8 Å². The Balaban J connectivity index is 2.76. The predicted octanol–water partition coefficient (Wildman–Crippen LogP) is 0.467. The minimum Gasteiger partial charge on any atom is -0.396 e. The van der Waals surface area contributed by atoms with E-state index in [9.17, 15) is 4.39 Å². The maximum atomic E-state index is 13.4. The average Bonchev–Trinajstić information content (AvgIpc) is 2.32. The summed E-state index contributed by atoms with van der Waals surface area (Å²) in [6, 6.07) is -0.195. The van der Waals surface area contributed by atoms with Gasteiger partial charge in [-0.1, -0.05) is 0 Å². The van der Waals surface area contributed by atoms with Crippen molar-refractivity contribution in [2.45, 2.75) is 12.5 Å². The highest BCUT2D eigenvalue weighted by Crippen LogP contribution is 2.13. The van der Waals surface area contributed by atoms with E-state index >= 15 is 0 Å². The number of anilines is 2. The first kappa shape index (κ1) is 13.6. The minimum absolute atomic E-state index is 0.00733. The second kappa shape index (κ2) is 6.97. The van der Waals surface area contributed by atoms with Crippen molar-refractivity contribution < 1.29 is 14.2 Å². The zero-order valence-corrected chi connectivity index (χ0v) is 9.90. The Hall–Kier alpha value is -1.47. The van der Waals surface area contributed by atoms with E-state index in [0.717, 1.165) is 6.20 Å². The van der Waals surface area contributed by atoms with Gasteiger partial charge in [-0.05, 0) is 6.42 Å². The number of methoxy groups -OCH3 is 1. The van der Waals surface area contributed by atoms with E-state index in [1.165, 1.54) is 0 Å². The summed E-state index contributed by atoms with van der Waals surface area (Å²) in [6.45, 7) is 0.353. The standard InChI is InChI=1S/C10H17FN4O2/c1-12-10-13-5-8(11)9(15-10)14-7(3-4-16)6-17-2/h5,7,16H,3-4,6H2,1-2H3,(H2,12,13,14,15). The highest BCUT2D eigenvalue weighted by molar-refractivity contribution is 5.41.